The standard InChI is InChI=1S/C36H22N4/c1-5-27-21-31(29-7-3-19-39-35(29)33(27)37-17-1)25-13-9-23(10-14-25)24-11-15-26(16-12-24)32-22-28-6-2-18-38-34(28)36-30(32)8-4-20-40-36/h1-22H. The fraction of sp³-hybridized carbons (Fsp3) is 0. The fourth-order valence-electron chi connectivity index (χ4n) is 5.72. The molecule has 0 aliphatic heterocycles. The largest absolute Gasteiger partial charge is 0.254 e. The van der Waals surface area contributed by atoms with Crippen molar-refractivity contribution in [1.82, 2.24) is 19.9 Å². The van der Waals surface area contributed by atoms with Crippen molar-refractivity contribution in [2.45, 2.75) is 0 Å². The first kappa shape index (κ1) is 22.5. The van der Waals surface area contributed by atoms with Gasteiger partial charge in [0.1, 0.15) is 0 Å². The number of fused-ring (bicyclic) bond motifs is 6. The van der Waals surface area contributed by atoms with E-state index in [9.17, 15) is 0 Å². The summed E-state index contributed by atoms with van der Waals surface area (Å²) in [6.07, 6.45) is 7.32. The predicted octanol–water partition coefficient (Wildman–Crippen LogP) is 8.88. The molecule has 0 spiro atoms. The quantitative estimate of drug-likeness (QED) is 0.223. The first-order valence-electron chi connectivity index (χ1n) is 13.3. The molecule has 186 valence electrons. The summed E-state index contributed by atoms with van der Waals surface area (Å²) >= 11 is 0. The van der Waals surface area contributed by atoms with Crippen LogP contribution in [0, 0.1) is 0 Å². The zero-order valence-electron chi connectivity index (χ0n) is 21.5. The molecule has 0 saturated carbocycles. The number of pyridine rings is 4. The first-order chi connectivity index (χ1) is 19.8. The van der Waals surface area contributed by atoms with Crippen LogP contribution in [0.4, 0.5) is 0 Å². The van der Waals surface area contributed by atoms with Gasteiger partial charge in [0.05, 0.1) is 22.1 Å². The molecular formula is C36H22N4. The second kappa shape index (κ2) is 9.07. The van der Waals surface area contributed by atoms with E-state index in [0.717, 1.165) is 65.9 Å². The second-order valence-electron chi connectivity index (χ2n) is 9.95. The summed E-state index contributed by atoms with van der Waals surface area (Å²) in [5.41, 5.74) is 10.7. The maximum Gasteiger partial charge on any atom is 0.0970 e. The average molecular weight is 511 g/mol. The van der Waals surface area contributed by atoms with Gasteiger partial charge in [-0.25, -0.2) is 0 Å². The Morgan fingerprint density at radius 3 is 1.10 bits per heavy atom. The number of benzene rings is 4. The van der Waals surface area contributed by atoms with Gasteiger partial charge in [-0.2, -0.15) is 0 Å². The minimum Gasteiger partial charge on any atom is -0.254 e. The molecule has 0 saturated heterocycles. The van der Waals surface area contributed by atoms with E-state index in [1.165, 1.54) is 11.1 Å². The van der Waals surface area contributed by atoms with Crippen molar-refractivity contribution >= 4 is 43.6 Å². The minimum absolute atomic E-state index is 0.933. The Kier molecular flexibility index (Phi) is 5.10. The van der Waals surface area contributed by atoms with E-state index in [2.05, 4.69) is 105 Å². The predicted molar refractivity (Wildman–Crippen MR) is 164 cm³/mol. The summed E-state index contributed by atoms with van der Waals surface area (Å²) in [7, 11) is 0. The van der Waals surface area contributed by atoms with Crippen LogP contribution in [0.15, 0.2) is 134 Å². The topological polar surface area (TPSA) is 51.6 Å². The number of aromatic nitrogens is 4. The summed E-state index contributed by atoms with van der Waals surface area (Å²) in [4.78, 5) is 18.5. The lowest BCUT2D eigenvalue weighted by Gasteiger charge is -2.12. The highest BCUT2D eigenvalue weighted by Gasteiger charge is 2.12. The highest BCUT2D eigenvalue weighted by Crippen LogP contribution is 2.36. The van der Waals surface area contributed by atoms with Crippen molar-refractivity contribution in [3.63, 3.8) is 0 Å². The number of rotatable bonds is 3. The highest BCUT2D eigenvalue weighted by molar-refractivity contribution is 6.11. The summed E-state index contributed by atoms with van der Waals surface area (Å²) in [6.45, 7) is 0. The summed E-state index contributed by atoms with van der Waals surface area (Å²) in [5, 5.41) is 4.40. The van der Waals surface area contributed by atoms with E-state index in [4.69, 9.17) is 0 Å². The van der Waals surface area contributed by atoms with Crippen molar-refractivity contribution in [2.75, 3.05) is 0 Å². The van der Waals surface area contributed by atoms with Gasteiger partial charge in [0.2, 0.25) is 0 Å². The Labute approximate surface area is 230 Å². The smallest absolute Gasteiger partial charge is 0.0970 e. The summed E-state index contributed by atoms with van der Waals surface area (Å²) in [6, 6.07) is 38.4. The lowest BCUT2D eigenvalue weighted by molar-refractivity contribution is 1.37. The van der Waals surface area contributed by atoms with E-state index in [0.29, 0.717) is 0 Å². The molecule has 4 nitrogen and oxygen atoms in total. The van der Waals surface area contributed by atoms with Crippen LogP contribution in [0.1, 0.15) is 0 Å². The van der Waals surface area contributed by atoms with E-state index in [-0.39, 0.29) is 0 Å². The van der Waals surface area contributed by atoms with Gasteiger partial charge in [-0.3, -0.25) is 19.9 Å². The zero-order valence-corrected chi connectivity index (χ0v) is 21.5. The molecule has 4 aromatic carbocycles. The number of hydrogen-bond acceptors (Lipinski definition) is 4. The molecule has 40 heavy (non-hydrogen) atoms. The Bertz CT molecular complexity index is 2040. The summed E-state index contributed by atoms with van der Waals surface area (Å²) in [5.74, 6) is 0. The van der Waals surface area contributed by atoms with Gasteiger partial charge in [-0.1, -0.05) is 72.8 Å². The van der Waals surface area contributed by atoms with Crippen molar-refractivity contribution in [2.24, 2.45) is 0 Å². The first-order valence-corrected chi connectivity index (χ1v) is 13.3. The van der Waals surface area contributed by atoms with Crippen LogP contribution in [0.5, 0.6) is 0 Å². The van der Waals surface area contributed by atoms with E-state index in [1.807, 2.05) is 49.1 Å². The van der Waals surface area contributed by atoms with Crippen molar-refractivity contribution in [3.8, 4) is 33.4 Å². The Hall–Kier alpha value is -5.48. The van der Waals surface area contributed by atoms with Crippen molar-refractivity contribution in [3.05, 3.63) is 134 Å². The Balaban J connectivity index is 1.18. The molecular weight excluding hydrogens is 488 g/mol. The fourth-order valence-corrected chi connectivity index (χ4v) is 5.72. The zero-order chi connectivity index (χ0) is 26.5. The minimum atomic E-state index is 0.933. The van der Waals surface area contributed by atoms with Gasteiger partial charge >= 0.3 is 0 Å². The lowest BCUT2D eigenvalue weighted by atomic mass is 9.94. The van der Waals surface area contributed by atoms with Crippen LogP contribution in [0.3, 0.4) is 0 Å². The molecule has 4 heteroatoms. The maximum atomic E-state index is 4.66. The Morgan fingerprint density at radius 1 is 0.325 bits per heavy atom. The van der Waals surface area contributed by atoms with Crippen molar-refractivity contribution < 1.29 is 0 Å². The number of nitrogens with zero attached hydrogens (tertiary/aromatic N) is 4. The molecule has 0 atom stereocenters. The van der Waals surface area contributed by atoms with Crippen LogP contribution >= 0.6 is 0 Å². The molecule has 0 bridgehead atoms. The monoisotopic (exact) mass is 510 g/mol. The third-order valence-corrected chi connectivity index (χ3v) is 7.65. The lowest BCUT2D eigenvalue weighted by Crippen LogP contribution is -1.89. The third kappa shape index (κ3) is 3.62. The number of hydrogen-bond donors (Lipinski definition) is 0. The molecule has 8 aromatic rings. The average Bonchev–Trinajstić information content (AvgIpc) is 3.04. The molecule has 0 fully saturated rings. The summed E-state index contributed by atoms with van der Waals surface area (Å²) < 4.78 is 0. The van der Waals surface area contributed by atoms with Crippen LogP contribution < -0.4 is 0 Å². The molecule has 8 rings (SSSR count). The molecule has 0 unspecified atom stereocenters. The Morgan fingerprint density at radius 2 is 0.675 bits per heavy atom. The normalized spacial score (nSPS) is 11.5. The molecule has 4 aromatic heterocycles. The van der Waals surface area contributed by atoms with Crippen LogP contribution in [0.2, 0.25) is 0 Å². The molecule has 0 N–H and O–H groups in total. The molecule has 0 aliphatic rings. The molecule has 0 radical (unpaired) electrons. The highest BCUT2D eigenvalue weighted by atomic mass is 14.7. The van der Waals surface area contributed by atoms with E-state index >= 15 is 0 Å². The van der Waals surface area contributed by atoms with Gasteiger partial charge in [-0.05, 0) is 69.8 Å². The molecule has 0 aliphatic carbocycles. The van der Waals surface area contributed by atoms with Crippen molar-refractivity contribution in [1.29, 1.82) is 0 Å². The van der Waals surface area contributed by atoms with Gasteiger partial charge < -0.3 is 0 Å². The van der Waals surface area contributed by atoms with Gasteiger partial charge in [0.25, 0.3) is 0 Å². The van der Waals surface area contributed by atoms with E-state index in [1.54, 1.807) is 0 Å². The molecule has 4 heterocycles. The second-order valence-corrected chi connectivity index (χ2v) is 9.95. The van der Waals surface area contributed by atoms with Crippen LogP contribution in [0.25, 0.3) is 77.0 Å². The van der Waals surface area contributed by atoms with E-state index < -0.39 is 0 Å². The third-order valence-electron chi connectivity index (χ3n) is 7.65. The van der Waals surface area contributed by atoms with Crippen LogP contribution in [-0.4, -0.2) is 19.9 Å². The van der Waals surface area contributed by atoms with Gasteiger partial charge in [0.15, 0.2) is 0 Å². The van der Waals surface area contributed by atoms with Gasteiger partial charge in [-0.15, -0.1) is 0 Å². The van der Waals surface area contributed by atoms with Gasteiger partial charge in [0, 0.05) is 46.3 Å². The maximum absolute atomic E-state index is 4.66. The molecule has 0 amide bonds. The van der Waals surface area contributed by atoms with Crippen LogP contribution in [-0.2, 0) is 0 Å². The SMILES string of the molecule is c1cnc2c(c1)cc(-c1ccc(-c3ccc(-c4cc5cccnc5c5ncccc45)cc3)cc1)c1cccnc12.